The first kappa shape index (κ1) is 51.6. The Kier molecular flexibility index (Phi) is 15.6. The number of benzene rings is 4. The van der Waals surface area contributed by atoms with Gasteiger partial charge in [-0.1, -0.05) is 43.8 Å². The number of aromatic nitrogens is 4. The van der Waals surface area contributed by atoms with Gasteiger partial charge in [0.2, 0.25) is 0 Å². The first-order valence-corrected chi connectivity index (χ1v) is 22.1. The Balaban J connectivity index is 0.000000186. The number of aromatic carboxylic acids is 1. The number of hydrogen-bond acceptors (Lipinski definition) is 9. The van der Waals surface area contributed by atoms with Crippen molar-refractivity contribution in [2.45, 2.75) is 72.1 Å². The van der Waals surface area contributed by atoms with Gasteiger partial charge < -0.3 is 34.8 Å². The van der Waals surface area contributed by atoms with E-state index in [1.807, 2.05) is 71.9 Å². The Morgan fingerprint density at radius 2 is 1.07 bits per heavy atom. The van der Waals surface area contributed by atoms with E-state index in [-0.39, 0.29) is 44.7 Å². The Morgan fingerprint density at radius 3 is 1.43 bits per heavy atom. The first-order chi connectivity index (χ1) is 32.0. The number of hydrogen-bond donors (Lipinski definition) is 4. The van der Waals surface area contributed by atoms with Crippen LogP contribution in [-0.2, 0) is 20.8 Å². The maximum Gasteiger partial charge on any atom is 0.335 e. The Hall–Kier alpha value is -6.75. The molecule has 6 heterocycles. The summed E-state index contributed by atoms with van der Waals surface area (Å²) in [7, 11) is 0. The molecule has 4 fully saturated rings. The van der Waals surface area contributed by atoms with Crippen molar-refractivity contribution >= 4 is 24.3 Å². The lowest BCUT2D eigenvalue weighted by Crippen LogP contribution is -2.58. The molecule has 0 spiro atoms. The third-order valence-corrected chi connectivity index (χ3v) is 13.0. The van der Waals surface area contributed by atoms with Crippen LogP contribution in [0.4, 0.5) is 8.78 Å². The molecular formula is C53H57ClF2N8O5. The summed E-state index contributed by atoms with van der Waals surface area (Å²) in [5.74, 6) is 1.35. The number of H-pyrrole nitrogens is 2. The van der Waals surface area contributed by atoms with Crippen molar-refractivity contribution in [3.63, 3.8) is 0 Å². The highest BCUT2D eigenvalue weighted by Crippen LogP contribution is 2.39. The van der Waals surface area contributed by atoms with Gasteiger partial charge in [0.25, 0.3) is 5.91 Å². The molecule has 4 aromatic carbocycles. The van der Waals surface area contributed by atoms with Crippen molar-refractivity contribution in [3.05, 3.63) is 151 Å². The van der Waals surface area contributed by atoms with Crippen LogP contribution in [0.5, 0.6) is 0 Å². The summed E-state index contributed by atoms with van der Waals surface area (Å²) in [5, 5.41) is 29.7. The van der Waals surface area contributed by atoms with Crippen molar-refractivity contribution in [2.75, 3.05) is 52.6 Å². The second-order valence-electron chi connectivity index (χ2n) is 18.0. The molecule has 4 aliphatic rings. The minimum atomic E-state index is -1.59. The summed E-state index contributed by atoms with van der Waals surface area (Å²) in [6.07, 6.45) is 0. The lowest BCUT2D eigenvalue weighted by molar-refractivity contribution is -0.0231. The number of nitrogens with one attached hydrogen (secondary N) is 3. The molecule has 13 nitrogen and oxygen atoms in total. The van der Waals surface area contributed by atoms with Gasteiger partial charge in [0.05, 0.1) is 91.6 Å². The van der Waals surface area contributed by atoms with E-state index in [4.69, 9.17) is 25.0 Å². The average Bonchev–Trinajstić information content (AvgIpc) is 3.81. The van der Waals surface area contributed by atoms with Crippen LogP contribution in [0.15, 0.2) is 72.8 Å². The van der Waals surface area contributed by atoms with Crippen molar-refractivity contribution in [1.82, 2.24) is 30.2 Å². The molecule has 0 aliphatic carbocycles. The van der Waals surface area contributed by atoms with E-state index in [9.17, 15) is 19.1 Å². The molecule has 6 aromatic rings. The van der Waals surface area contributed by atoms with Crippen LogP contribution in [-0.4, -0.2) is 94.4 Å². The second kappa shape index (κ2) is 20.9. The molecule has 4 aliphatic heterocycles. The Labute approximate surface area is 407 Å². The van der Waals surface area contributed by atoms with Crippen molar-refractivity contribution < 1.29 is 33.0 Å². The average molecular weight is 960 g/mol. The zero-order valence-electron chi connectivity index (χ0n) is 38.7. The Bertz CT molecular complexity index is 2940. The number of likely N-dealkylation sites (tertiary alicyclic amines) is 1. The van der Waals surface area contributed by atoms with E-state index >= 15 is 4.39 Å². The third kappa shape index (κ3) is 10.5. The maximum absolute atomic E-state index is 15.4. The highest BCUT2D eigenvalue weighted by molar-refractivity contribution is 5.98. The quantitative estimate of drug-likeness (QED) is 0.114. The van der Waals surface area contributed by atoms with Crippen LogP contribution < -0.4 is 5.32 Å². The first-order valence-electron chi connectivity index (χ1n) is 22.1. The zero-order chi connectivity index (χ0) is 47.8. The summed E-state index contributed by atoms with van der Waals surface area (Å²) in [4.78, 5) is 42.3. The maximum atomic E-state index is 15.4. The fourth-order valence-corrected chi connectivity index (χ4v) is 8.63. The van der Waals surface area contributed by atoms with Crippen LogP contribution in [0.3, 0.4) is 0 Å². The largest absolute Gasteiger partial charge is 0.478 e. The lowest BCUT2D eigenvalue weighted by atomic mass is 9.86. The number of alkyl halides is 2. The van der Waals surface area contributed by atoms with Gasteiger partial charge in [-0.05, 0) is 111 Å². The number of aryl methyl sites for hydroxylation is 6. The minimum absolute atomic E-state index is 0. The monoisotopic (exact) mass is 958 g/mol. The summed E-state index contributed by atoms with van der Waals surface area (Å²) in [6.45, 7) is 15.1. The molecule has 16 heteroatoms. The number of amides is 1. The molecular weight excluding hydrogens is 902 g/mol. The minimum Gasteiger partial charge on any atom is -0.478 e. The fraction of sp³-hybridized carbons (Fsp3) is 0.358. The van der Waals surface area contributed by atoms with Crippen LogP contribution in [0.1, 0.15) is 108 Å². The number of imidazole rings is 2. The topological polar surface area (TPSA) is 193 Å². The van der Waals surface area contributed by atoms with Crippen molar-refractivity contribution in [3.8, 4) is 34.7 Å². The number of carbonyl (C=O) groups excluding carboxylic acids is 1. The zero-order valence-corrected chi connectivity index (χ0v) is 39.5. The van der Waals surface area contributed by atoms with Crippen molar-refractivity contribution in [1.29, 1.82) is 10.5 Å². The van der Waals surface area contributed by atoms with Gasteiger partial charge in [-0.25, -0.2) is 23.5 Å². The molecule has 0 bridgehead atoms. The molecule has 0 atom stereocenters. The van der Waals surface area contributed by atoms with E-state index in [0.717, 1.165) is 67.8 Å². The molecule has 10 rings (SSSR count). The van der Waals surface area contributed by atoms with Gasteiger partial charge >= 0.3 is 5.97 Å². The number of ether oxygens (including phenoxy) is 2. The summed E-state index contributed by atoms with van der Waals surface area (Å²) in [5.41, 5.74) is 9.34. The van der Waals surface area contributed by atoms with E-state index in [1.54, 1.807) is 54.6 Å². The highest BCUT2D eigenvalue weighted by atomic mass is 35.5. The molecule has 69 heavy (non-hydrogen) atoms. The molecule has 0 radical (unpaired) electrons. The Morgan fingerprint density at radius 1 is 0.667 bits per heavy atom. The molecule has 360 valence electrons. The fourth-order valence-electron chi connectivity index (χ4n) is 8.63. The number of carboxylic acid groups (broad SMARTS) is 1. The summed E-state index contributed by atoms with van der Waals surface area (Å²) < 4.78 is 39.6. The number of nitriles is 2. The standard InChI is InChI=1S/C26H25FN4O2.C16H18N2O3.C10H9FN2.CH4.ClH/c1-15-8-16(2)22(9-21(15)23-17(3)29-24(30-23)19-11-33-12-19)25(32)31-13-26(27,14-31)20-6-4-18(10-28)5-7-20;1-8-4-9(2)13(16(19)20)5-12(8)14-10(3)17-15(18-14)11-6-21-7-11;11-10(6-13-7-10)9-3-1-8(5-12)2-4-9;;/h4-9,19H,11-14H2,1-3H3,(H,29,30);4-5,11H,6-7H2,1-3H3,(H,17,18)(H,19,20);1-4,13H,6-7H2;1H4;1H. The van der Waals surface area contributed by atoms with Gasteiger partial charge in [0.15, 0.2) is 11.3 Å². The summed E-state index contributed by atoms with van der Waals surface area (Å²) >= 11 is 0. The number of halogens is 3. The molecule has 0 unspecified atom stereocenters. The van der Waals surface area contributed by atoms with Gasteiger partial charge in [-0.2, -0.15) is 10.5 Å². The van der Waals surface area contributed by atoms with Crippen molar-refractivity contribution in [2.24, 2.45) is 0 Å². The predicted octanol–water partition coefficient (Wildman–Crippen LogP) is 9.51. The van der Waals surface area contributed by atoms with Crippen LogP contribution >= 0.6 is 12.4 Å². The number of carboxylic acids is 1. The van der Waals surface area contributed by atoms with E-state index in [2.05, 4.69) is 20.3 Å². The second-order valence-corrected chi connectivity index (χ2v) is 18.0. The van der Waals surface area contributed by atoms with Crippen LogP contribution in [0.25, 0.3) is 22.5 Å². The molecule has 4 saturated heterocycles. The van der Waals surface area contributed by atoms with Gasteiger partial charge in [-0.15, -0.1) is 12.4 Å². The van der Waals surface area contributed by atoms with Crippen LogP contribution in [0.2, 0.25) is 0 Å². The molecule has 0 saturated carbocycles. The van der Waals surface area contributed by atoms with Gasteiger partial charge in [0, 0.05) is 41.2 Å². The van der Waals surface area contributed by atoms with E-state index < -0.39 is 17.3 Å². The highest BCUT2D eigenvalue weighted by Gasteiger charge is 2.47. The van der Waals surface area contributed by atoms with Crippen LogP contribution in [0, 0.1) is 64.2 Å². The SMILES string of the molecule is C.Cc1cc(C)c(-c2nc(C3COC3)[nH]c2C)cc1C(=O)N1CC(F)(c2ccc(C#N)cc2)C1.Cc1cc(C)c(-c2nc(C3COC3)[nH]c2C)cc1C(=O)O.Cl.N#Cc1ccc(C2(F)CNC2)cc1. The third-order valence-electron chi connectivity index (χ3n) is 13.0. The molecule has 2 aromatic heterocycles. The van der Waals surface area contributed by atoms with Gasteiger partial charge in [-0.3, -0.25) is 4.79 Å². The number of carbonyl (C=O) groups is 2. The molecule has 4 N–H and O–H groups in total. The number of aromatic amines is 2. The predicted molar refractivity (Wildman–Crippen MR) is 261 cm³/mol. The van der Waals surface area contributed by atoms with Gasteiger partial charge in [0.1, 0.15) is 11.6 Å². The van der Waals surface area contributed by atoms with E-state index in [1.165, 1.54) is 4.90 Å². The smallest absolute Gasteiger partial charge is 0.335 e. The van der Waals surface area contributed by atoms with E-state index in [0.29, 0.717) is 78.8 Å². The summed E-state index contributed by atoms with van der Waals surface area (Å²) in [6, 6.07) is 24.7. The lowest BCUT2D eigenvalue weighted by Gasteiger charge is -2.45. The molecule has 1 amide bonds. The number of rotatable bonds is 8. The normalized spacial score (nSPS) is 16.3. The number of nitrogens with zero attached hydrogens (tertiary/aromatic N) is 5.